The lowest BCUT2D eigenvalue weighted by Crippen LogP contribution is -2.32. The minimum absolute atomic E-state index is 0.0270. The fourth-order valence-corrected chi connectivity index (χ4v) is 2.94. The molecule has 0 bridgehead atoms. The molecule has 0 aromatic heterocycles. The predicted octanol–water partition coefficient (Wildman–Crippen LogP) is 1.56. The number of hydrogen-bond acceptors (Lipinski definition) is 3. The van der Waals surface area contributed by atoms with E-state index in [0.717, 1.165) is 6.42 Å². The molecule has 1 unspecified atom stereocenters. The average Bonchev–Trinajstić information content (AvgIpc) is 2.86. The van der Waals surface area contributed by atoms with Crippen LogP contribution in [0.2, 0.25) is 0 Å². The van der Waals surface area contributed by atoms with E-state index in [1.54, 1.807) is 0 Å². The summed E-state index contributed by atoms with van der Waals surface area (Å²) in [7, 11) is -4.23. The summed E-state index contributed by atoms with van der Waals surface area (Å²) in [6, 6.07) is 1.25. The monoisotopic (exact) mass is 295 g/mol. The lowest BCUT2D eigenvalue weighted by atomic mass is 10.2. The number of hydrogen-bond donors (Lipinski definition) is 1. The fraction of sp³-hybridized carbons (Fsp3) is 0.455. The van der Waals surface area contributed by atoms with Crippen LogP contribution in [0.1, 0.15) is 12.8 Å². The molecule has 1 N–H and O–H groups in total. The van der Waals surface area contributed by atoms with Crippen molar-refractivity contribution in [1.82, 2.24) is 4.72 Å². The van der Waals surface area contributed by atoms with Crippen LogP contribution in [-0.2, 0) is 14.8 Å². The molecule has 1 atom stereocenters. The number of ether oxygens (including phenoxy) is 1. The van der Waals surface area contributed by atoms with Crippen molar-refractivity contribution in [2.24, 2.45) is 0 Å². The Balaban J connectivity index is 2.17. The second kappa shape index (κ2) is 5.48. The van der Waals surface area contributed by atoms with Gasteiger partial charge in [-0.1, -0.05) is 0 Å². The van der Waals surface area contributed by atoms with Crippen LogP contribution in [0.4, 0.5) is 13.2 Å². The summed E-state index contributed by atoms with van der Waals surface area (Å²) in [5, 5.41) is 0. The summed E-state index contributed by atoms with van der Waals surface area (Å²) in [6.45, 7) is 0.521. The number of nitrogens with one attached hydrogen (secondary N) is 1. The van der Waals surface area contributed by atoms with Crippen molar-refractivity contribution in [2.45, 2.75) is 23.8 Å². The van der Waals surface area contributed by atoms with Gasteiger partial charge < -0.3 is 4.74 Å². The lowest BCUT2D eigenvalue weighted by molar-refractivity contribution is 0.114. The molecule has 0 saturated carbocycles. The summed E-state index contributed by atoms with van der Waals surface area (Å²) in [4.78, 5) is -0.913. The highest BCUT2D eigenvalue weighted by molar-refractivity contribution is 7.89. The molecular weight excluding hydrogens is 283 g/mol. The predicted molar refractivity (Wildman–Crippen MR) is 60.5 cm³/mol. The highest BCUT2D eigenvalue weighted by Gasteiger charge is 2.25. The minimum atomic E-state index is -4.23. The Morgan fingerprint density at radius 3 is 2.63 bits per heavy atom. The van der Waals surface area contributed by atoms with E-state index in [-0.39, 0.29) is 12.6 Å². The van der Waals surface area contributed by atoms with E-state index in [2.05, 4.69) is 4.72 Å². The minimum Gasteiger partial charge on any atom is -0.377 e. The summed E-state index contributed by atoms with van der Waals surface area (Å²) >= 11 is 0. The molecule has 0 aliphatic carbocycles. The molecule has 1 heterocycles. The molecule has 4 nitrogen and oxygen atoms in total. The number of halogens is 3. The van der Waals surface area contributed by atoms with E-state index in [9.17, 15) is 21.6 Å². The van der Waals surface area contributed by atoms with E-state index in [1.807, 2.05) is 0 Å². The van der Waals surface area contributed by atoms with Gasteiger partial charge in [-0.2, -0.15) is 0 Å². The van der Waals surface area contributed by atoms with Crippen molar-refractivity contribution >= 4 is 10.0 Å². The van der Waals surface area contributed by atoms with Crippen LogP contribution in [0, 0.1) is 17.5 Å². The van der Waals surface area contributed by atoms with E-state index < -0.39 is 32.4 Å². The number of rotatable bonds is 4. The fourth-order valence-electron chi connectivity index (χ4n) is 1.80. The van der Waals surface area contributed by atoms with Crippen molar-refractivity contribution in [3.05, 3.63) is 29.6 Å². The topological polar surface area (TPSA) is 55.4 Å². The zero-order valence-corrected chi connectivity index (χ0v) is 10.6. The molecule has 2 rings (SSSR count). The quantitative estimate of drug-likeness (QED) is 0.858. The average molecular weight is 295 g/mol. The highest BCUT2D eigenvalue weighted by atomic mass is 32.2. The van der Waals surface area contributed by atoms with Gasteiger partial charge in [-0.05, 0) is 25.0 Å². The van der Waals surface area contributed by atoms with Gasteiger partial charge in [-0.3, -0.25) is 0 Å². The van der Waals surface area contributed by atoms with Gasteiger partial charge in [-0.25, -0.2) is 26.3 Å². The maximum atomic E-state index is 13.4. The normalized spacial score (nSPS) is 19.8. The first-order valence-electron chi connectivity index (χ1n) is 5.66. The van der Waals surface area contributed by atoms with Crippen LogP contribution in [0.15, 0.2) is 17.0 Å². The van der Waals surface area contributed by atoms with E-state index in [1.165, 1.54) is 0 Å². The van der Waals surface area contributed by atoms with E-state index >= 15 is 0 Å². The molecule has 106 valence electrons. The summed E-state index contributed by atoms with van der Waals surface area (Å²) in [5.74, 6) is -4.96. The van der Waals surface area contributed by atoms with Gasteiger partial charge in [0.2, 0.25) is 10.0 Å². The Bertz CT molecular complexity index is 571. The van der Waals surface area contributed by atoms with Crippen molar-refractivity contribution < 1.29 is 26.3 Å². The van der Waals surface area contributed by atoms with Crippen LogP contribution < -0.4 is 4.72 Å². The molecule has 1 aliphatic heterocycles. The van der Waals surface area contributed by atoms with E-state index in [0.29, 0.717) is 25.2 Å². The third kappa shape index (κ3) is 3.07. The second-order valence-electron chi connectivity index (χ2n) is 4.16. The van der Waals surface area contributed by atoms with Crippen LogP contribution in [0.25, 0.3) is 0 Å². The standard InChI is InChI=1S/C11H12F3NO3S/c12-8-3-4-9(11(14)10(8)13)19(16,17)15-6-7-2-1-5-18-7/h3-4,7,15H,1-2,5-6H2. The molecule has 1 aliphatic rings. The lowest BCUT2D eigenvalue weighted by Gasteiger charge is -2.12. The summed E-state index contributed by atoms with van der Waals surface area (Å²) in [6.07, 6.45) is 1.25. The first kappa shape index (κ1) is 14.3. The highest BCUT2D eigenvalue weighted by Crippen LogP contribution is 2.20. The SMILES string of the molecule is O=S(=O)(NCC1CCCO1)c1ccc(F)c(F)c1F. The molecule has 1 aromatic carbocycles. The van der Waals surface area contributed by atoms with Gasteiger partial charge >= 0.3 is 0 Å². The Hall–Kier alpha value is -1.12. The molecule has 0 amide bonds. The van der Waals surface area contributed by atoms with Crippen molar-refractivity contribution in [1.29, 1.82) is 0 Å². The molecule has 0 radical (unpaired) electrons. The van der Waals surface area contributed by atoms with Crippen molar-refractivity contribution in [3.63, 3.8) is 0 Å². The van der Waals surface area contributed by atoms with Crippen LogP contribution in [-0.4, -0.2) is 27.7 Å². The molecule has 8 heteroatoms. The summed E-state index contributed by atoms with van der Waals surface area (Å²) < 4.78 is 70.0. The zero-order valence-electron chi connectivity index (χ0n) is 9.83. The smallest absolute Gasteiger partial charge is 0.243 e. The number of benzene rings is 1. The molecule has 1 aromatic rings. The molecule has 1 fully saturated rings. The number of sulfonamides is 1. The Kier molecular flexibility index (Phi) is 4.12. The van der Waals surface area contributed by atoms with Crippen molar-refractivity contribution in [3.8, 4) is 0 Å². The first-order chi connectivity index (χ1) is 8.92. The van der Waals surface area contributed by atoms with Gasteiger partial charge in [0, 0.05) is 13.2 Å². The Labute approximate surface area is 108 Å². The van der Waals surface area contributed by atoms with Crippen LogP contribution in [0.5, 0.6) is 0 Å². The third-order valence-corrected chi connectivity index (χ3v) is 4.26. The first-order valence-corrected chi connectivity index (χ1v) is 7.15. The Morgan fingerprint density at radius 1 is 1.26 bits per heavy atom. The van der Waals surface area contributed by atoms with E-state index in [4.69, 9.17) is 4.74 Å². The largest absolute Gasteiger partial charge is 0.377 e. The second-order valence-corrected chi connectivity index (χ2v) is 5.90. The van der Waals surface area contributed by atoms with Crippen LogP contribution >= 0.6 is 0 Å². The van der Waals surface area contributed by atoms with Crippen LogP contribution in [0.3, 0.4) is 0 Å². The maximum absolute atomic E-state index is 13.4. The molecule has 19 heavy (non-hydrogen) atoms. The zero-order chi connectivity index (χ0) is 14.0. The van der Waals surface area contributed by atoms with Gasteiger partial charge in [0.05, 0.1) is 6.10 Å². The van der Waals surface area contributed by atoms with Gasteiger partial charge in [0.1, 0.15) is 4.90 Å². The van der Waals surface area contributed by atoms with Crippen molar-refractivity contribution in [2.75, 3.05) is 13.2 Å². The van der Waals surface area contributed by atoms with Gasteiger partial charge in [0.25, 0.3) is 0 Å². The summed E-state index contributed by atoms with van der Waals surface area (Å²) in [5.41, 5.74) is 0. The van der Waals surface area contributed by atoms with Gasteiger partial charge in [-0.15, -0.1) is 0 Å². The maximum Gasteiger partial charge on any atom is 0.243 e. The Morgan fingerprint density at radius 2 is 2.00 bits per heavy atom. The molecular formula is C11H12F3NO3S. The third-order valence-electron chi connectivity index (χ3n) is 2.81. The van der Waals surface area contributed by atoms with Gasteiger partial charge in [0.15, 0.2) is 17.5 Å². The molecule has 0 spiro atoms. The molecule has 1 saturated heterocycles.